The summed E-state index contributed by atoms with van der Waals surface area (Å²) in [5.41, 5.74) is 4.74. The van der Waals surface area contributed by atoms with Gasteiger partial charge in [0.05, 0.1) is 11.1 Å². The molecule has 6 nitrogen and oxygen atoms in total. The predicted octanol–water partition coefficient (Wildman–Crippen LogP) is 4.72. The first-order chi connectivity index (χ1) is 15.4. The topological polar surface area (TPSA) is 69.0 Å². The highest BCUT2D eigenvalue weighted by Crippen LogP contribution is 2.33. The summed E-state index contributed by atoms with van der Waals surface area (Å²) in [5.74, 6) is 0.197. The van der Waals surface area contributed by atoms with Gasteiger partial charge in [-0.15, -0.1) is 0 Å². The second-order valence-electron chi connectivity index (χ2n) is 7.71. The van der Waals surface area contributed by atoms with Crippen LogP contribution in [-0.2, 0) is 18.3 Å². The second-order valence-corrected chi connectivity index (χ2v) is 8.15. The van der Waals surface area contributed by atoms with Crippen LogP contribution < -0.4 is 10.1 Å². The van der Waals surface area contributed by atoms with Crippen LogP contribution >= 0.6 is 11.6 Å². The van der Waals surface area contributed by atoms with Crippen molar-refractivity contribution < 1.29 is 9.53 Å². The van der Waals surface area contributed by atoms with E-state index in [0.717, 1.165) is 27.8 Å². The molecule has 0 bridgehead atoms. The van der Waals surface area contributed by atoms with Crippen molar-refractivity contribution in [1.82, 2.24) is 20.1 Å². The van der Waals surface area contributed by atoms with Crippen molar-refractivity contribution in [2.45, 2.75) is 26.4 Å². The van der Waals surface area contributed by atoms with Gasteiger partial charge < -0.3 is 10.1 Å². The Morgan fingerprint density at radius 3 is 2.59 bits per heavy atom. The van der Waals surface area contributed by atoms with E-state index < -0.39 is 6.10 Å². The van der Waals surface area contributed by atoms with Crippen LogP contribution in [0.2, 0.25) is 5.02 Å². The van der Waals surface area contributed by atoms with E-state index in [1.165, 1.54) is 0 Å². The standard InChI is InChI=1S/C25H25ClN4O2/c1-16-23-21(19-7-5-4-6-8-19)15-22(28-24(23)30(3)29-16)32-17(2)25(31)27-14-13-18-9-11-20(26)12-10-18/h4-12,15,17H,13-14H2,1-3H3,(H,27,31)/t17-/m1/s1. The average molecular weight is 449 g/mol. The van der Waals surface area contributed by atoms with Crippen LogP contribution in [0.25, 0.3) is 22.2 Å². The van der Waals surface area contributed by atoms with E-state index in [1.807, 2.05) is 74.6 Å². The van der Waals surface area contributed by atoms with Crippen LogP contribution in [0.15, 0.2) is 60.7 Å². The Hall–Kier alpha value is -3.38. The van der Waals surface area contributed by atoms with Gasteiger partial charge in [-0.25, -0.2) is 0 Å². The molecule has 0 aliphatic heterocycles. The SMILES string of the molecule is Cc1nn(C)c2nc(O[C@H](C)C(=O)NCCc3ccc(Cl)cc3)cc(-c3ccccc3)c12. The Labute approximate surface area is 192 Å². The van der Waals surface area contributed by atoms with Crippen LogP contribution in [0.4, 0.5) is 0 Å². The van der Waals surface area contributed by atoms with E-state index in [9.17, 15) is 4.79 Å². The van der Waals surface area contributed by atoms with Crippen LogP contribution in [0.5, 0.6) is 5.88 Å². The maximum absolute atomic E-state index is 12.6. The van der Waals surface area contributed by atoms with Gasteiger partial charge in [-0.3, -0.25) is 9.48 Å². The van der Waals surface area contributed by atoms with Gasteiger partial charge in [-0.05, 0) is 49.1 Å². The quantitative estimate of drug-likeness (QED) is 0.444. The van der Waals surface area contributed by atoms with E-state index >= 15 is 0 Å². The van der Waals surface area contributed by atoms with E-state index in [1.54, 1.807) is 11.6 Å². The molecule has 2 heterocycles. The summed E-state index contributed by atoms with van der Waals surface area (Å²) in [6, 6.07) is 19.5. The molecule has 0 aliphatic carbocycles. The largest absolute Gasteiger partial charge is 0.464 e. The molecule has 0 saturated heterocycles. The molecule has 7 heteroatoms. The highest BCUT2D eigenvalue weighted by Gasteiger charge is 2.19. The van der Waals surface area contributed by atoms with Crippen molar-refractivity contribution in [1.29, 1.82) is 0 Å². The highest BCUT2D eigenvalue weighted by atomic mass is 35.5. The number of ether oxygens (including phenoxy) is 1. The zero-order chi connectivity index (χ0) is 22.7. The number of hydrogen-bond donors (Lipinski definition) is 1. The lowest BCUT2D eigenvalue weighted by Crippen LogP contribution is -2.37. The summed E-state index contributed by atoms with van der Waals surface area (Å²) in [5, 5.41) is 9.11. The summed E-state index contributed by atoms with van der Waals surface area (Å²) < 4.78 is 7.68. The highest BCUT2D eigenvalue weighted by molar-refractivity contribution is 6.30. The lowest BCUT2D eigenvalue weighted by atomic mass is 10.0. The molecule has 1 N–H and O–H groups in total. The third-order valence-electron chi connectivity index (χ3n) is 5.32. The van der Waals surface area contributed by atoms with Crippen LogP contribution in [0, 0.1) is 6.92 Å². The molecule has 4 rings (SSSR count). The number of aromatic nitrogens is 3. The Bertz CT molecular complexity index is 1240. The lowest BCUT2D eigenvalue weighted by Gasteiger charge is -2.15. The van der Waals surface area contributed by atoms with Gasteiger partial charge >= 0.3 is 0 Å². The maximum atomic E-state index is 12.6. The molecule has 4 aromatic rings. The number of aryl methyl sites for hydroxylation is 2. The molecule has 0 aliphatic rings. The lowest BCUT2D eigenvalue weighted by molar-refractivity contribution is -0.127. The number of benzene rings is 2. The van der Waals surface area contributed by atoms with Crippen molar-refractivity contribution in [2.24, 2.45) is 7.05 Å². The number of fused-ring (bicyclic) bond motifs is 1. The number of pyridine rings is 1. The maximum Gasteiger partial charge on any atom is 0.260 e. The Balaban J connectivity index is 1.50. The van der Waals surface area contributed by atoms with Gasteiger partial charge in [-0.2, -0.15) is 10.1 Å². The molecule has 0 saturated carbocycles. The van der Waals surface area contributed by atoms with Crippen molar-refractivity contribution in [3.8, 4) is 17.0 Å². The molecule has 0 spiro atoms. The number of hydrogen-bond acceptors (Lipinski definition) is 4. The molecular formula is C25H25ClN4O2. The first-order valence-corrected chi connectivity index (χ1v) is 10.9. The fourth-order valence-electron chi connectivity index (χ4n) is 3.69. The van der Waals surface area contributed by atoms with Crippen molar-refractivity contribution in [3.63, 3.8) is 0 Å². The van der Waals surface area contributed by atoms with Crippen molar-refractivity contribution in [3.05, 3.63) is 76.9 Å². The van der Waals surface area contributed by atoms with Crippen LogP contribution in [-0.4, -0.2) is 33.3 Å². The number of amides is 1. The molecule has 32 heavy (non-hydrogen) atoms. The third kappa shape index (κ3) is 4.75. The minimum absolute atomic E-state index is 0.191. The van der Waals surface area contributed by atoms with Crippen LogP contribution in [0.3, 0.4) is 0 Å². The summed E-state index contributed by atoms with van der Waals surface area (Å²) >= 11 is 5.91. The Morgan fingerprint density at radius 1 is 1.16 bits per heavy atom. The summed E-state index contributed by atoms with van der Waals surface area (Å²) in [7, 11) is 1.85. The number of halogens is 1. The summed E-state index contributed by atoms with van der Waals surface area (Å²) in [4.78, 5) is 17.2. The smallest absolute Gasteiger partial charge is 0.260 e. The summed E-state index contributed by atoms with van der Waals surface area (Å²) in [6.07, 6.45) is 0.0230. The van der Waals surface area contributed by atoms with Crippen LogP contribution in [0.1, 0.15) is 18.2 Å². The molecule has 164 valence electrons. The molecule has 0 unspecified atom stereocenters. The van der Waals surface area contributed by atoms with Crippen molar-refractivity contribution >= 4 is 28.5 Å². The fourth-order valence-corrected chi connectivity index (χ4v) is 3.81. The number of nitrogens with one attached hydrogen (secondary N) is 1. The number of nitrogens with zero attached hydrogens (tertiary/aromatic N) is 3. The van der Waals surface area contributed by atoms with E-state index in [2.05, 4.69) is 15.4 Å². The number of rotatable bonds is 7. The molecule has 2 aromatic heterocycles. The van der Waals surface area contributed by atoms with E-state index in [4.69, 9.17) is 16.3 Å². The monoisotopic (exact) mass is 448 g/mol. The van der Waals surface area contributed by atoms with Gasteiger partial charge in [-0.1, -0.05) is 54.1 Å². The second kappa shape index (κ2) is 9.40. The Kier molecular flexibility index (Phi) is 6.42. The zero-order valence-corrected chi connectivity index (χ0v) is 19.1. The number of carbonyl (C=O) groups excluding carboxylic acids is 1. The minimum atomic E-state index is -0.692. The normalized spacial score (nSPS) is 12.0. The van der Waals surface area contributed by atoms with Gasteiger partial charge in [0.15, 0.2) is 11.8 Å². The van der Waals surface area contributed by atoms with Crippen molar-refractivity contribution in [2.75, 3.05) is 6.54 Å². The molecule has 2 aromatic carbocycles. The molecule has 0 fully saturated rings. The first-order valence-electron chi connectivity index (χ1n) is 10.5. The molecule has 1 amide bonds. The van der Waals surface area contributed by atoms with Gasteiger partial charge in [0.2, 0.25) is 5.88 Å². The summed E-state index contributed by atoms with van der Waals surface area (Å²) in [6.45, 7) is 4.20. The van der Waals surface area contributed by atoms with E-state index in [0.29, 0.717) is 29.5 Å². The van der Waals surface area contributed by atoms with Gasteiger partial charge in [0, 0.05) is 24.7 Å². The predicted molar refractivity (Wildman–Crippen MR) is 127 cm³/mol. The average Bonchev–Trinajstić information content (AvgIpc) is 3.08. The molecular weight excluding hydrogens is 424 g/mol. The Morgan fingerprint density at radius 2 is 1.88 bits per heavy atom. The number of carbonyl (C=O) groups is 1. The van der Waals surface area contributed by atoms with Gasteiger partial charge in [0.25, 0.3) is 5.91 Å². The zero-order valence-electron chi connectivity index (χ0n) is 18.3. The third-order valence-corrected chi connectivity index (χ3v) is 5.57. The van der Waals surface area contributed by atoms with E-state index in [-0.39, 0.29) is 5.91 Å². The van der Waals surface area contributed by atoms with Gasteiger partial charge in [0.1, 0.15) is 0 Å². The first kappa shape index (κ1) is 21.8. The molecule has 0 radical (unpaired) electrons. The minimum Gasteiger partial charge on any atom is -0.464 e. The molecule has 1 atom stereocenters. The fraction of sp³-hybridized carbons (Fsp3) is 0.240.